The van der Waals surface area contributed by atoms with Crippen molar-refractivity contribution >= 4 is 35.2 Å². The Kier molecular flexibility index (Phi) is 10.7. The van der Waals surface area contributed by atoms with Crippen LogP contribution in [0.25, 0.3) is 0 Å². The second-order valence-corrected chi connectivity index (χ2v) is 13.0. The number of hydrogen-bond acceptors (Lipinski definition) is 5. The Morgan fingerprint density at radius 3 is 2.08 bits per heavy atom. The highest BCUT2D eigenvalue weighted by Gasteiger charge is 2.43. The molecule has 3 N–H and O–H groups in total. The molecule has 40 heavy (non-hydrogen) atoms. The van der Waals surface area contributed by atoms with Crippen LogP contribution in [0.5, 0.6) is 5.75 Å². The van der Waals surface area contributed by atoms with E-state index in [2.05, 4.69) is 10.6 Å². The fraction of sp³-hybridized carbons (Fsp3) is 0.516. The first-order valence-corrected chi connectivity index (χ1v) is 13.9. The number of aryl methyl sites for hydroxylation is 2. The number of ether oxygens (including phenoxy) is 1. The summed E-state index contributed by atoms with van der Waals surface area (Å²) in [5, 5.41) is 17.1. The summed E-state index contributed by atoms with van der Waals surface area (Å²) in [6, 6.07) is 8.09. The molecule has 0 aliphatic carbocycles. The molecular formula is C31H44ClN3O5. The third kappa shape index (κ3) is 8.62. The number of carbonyl (C=O) groups excluding carboxylic acids is 3. The van der Waals surface area contributed by atoms with Crippen molar-refractivity contribution < 1.29 is 24.2 Å². The monoisotopic (exact) mass is 573 g/mol. The maximum atomic E-state index is 14.4. The summed E-state index contributed by atoms with van der Waals surface area (Å²) in [5.41, 5.74) is 0.295. The van der Waals surface area contributed by atoms with Gasteiger partial charge in [0.15, 0.2) is 0 Å². The van der Waals surface area contributed by atoms with Crippen LogP contribution in [0.2, 0.25) is 5.02 Å². The lowest BCUT2D eigenvalue weighted by atomic mass is 9.92. The van der Waals surface area contributed by atoms with Crippen molar-refractivity contribution in [2.75, 3.05) is 5.32 Å². The molecule has 3 amide bonds. The van der Waals surface area contributed by atoms with Gasteiger partial charge < -0.3 is 25.4 Å². The SMILES string of the molecule is Cc1cccc(C(C(=O)Nc2c(C)cccc2Cl)N(C(=O)C(CC(C)C)NC(=O)OC(C)(C)C)C(C)(C)C)c1O. The highest BCUT2D eigenvalue weighted by atomic mass is 35.5. The maximum Gasteiger partial charge on any atom is 0.408 e. The van der Waals surface area contributed by atoms with Crippen LogP contribution in [0.15, 0.2) is 36.4 Å². The van der Waals surface area contributed by atoms with Gasteiger partial charge in [-0.15, -0.1) is 0 Å². The zero-order valence-electron chi connectivity index (χ0n) is 25.3. The van der Waals surface area contributed by atoms with Crippen LogP contribution in [-0.4, -0.2) is 45.1 Å². The fourth-order valence-corrected chi connectivity index (χ4v) is 4.71. The van der Waals surface area contributed by atoms with Gasteiger partial charge in [-0.1, -0.05) is 55.8 Å². The van der Waals surface area contributed by atoms with E-state index < -0.39 is 41.1 Å². The van der Waals surface area contributed by atoms with Gasteiger partial charge in [-0.3, -0.25) is 9.59 Å². The van der Waals surface area contributed by atoms with E-state index in [-0.39, 0.29) is 17.2 Å². The van der Waals surface area contributed by atoms with Crippen LogP contribution < -0.4 is 10.6 Å². The molecule has 220 valence electrons. The lowest BCUT2D eigenvalue weighted by molar-refractivity contribution is -0.147. The number of phenolic OH excluding ortho intramolecular Hbond substituents is 1. The zero-order valence-corrected chi connectivity index (χ0v) is 26.1. The van der Waals surface area contributed by atoms with Gasteiger partial charge in [0.25, 0.3) is 5.91 Å². The third-order valence-corrected chi connectivity index (χ3v) is 6.51. The number of nitrogens with zero attached hydrogens (tertiary/aromatic N) is 1. The second-order valence-electron chi connectivity index (χ2n) is 12.5. The normalized spacial score (nSPS) is 13.4. The number of phenols is 1. The molecule has 0 fully saturated rings. The highest BCUT2D eigenvalue weighted by Crippen LogP contribution is 2.38. The van der Waals surface area contributed by atoms with Gasteiger partial charge in [0.05, 0.1) is 10.7 Å². The molecule has 0 heterocycles. The Labute approximate surface area is 243 Å². The van der Waals surface area contributed by atoms with E-state index in [4.69, 9.17) is 16.3 Å². The minimum absolute atomic E-state index is 0.0381. The molecule has 2 unspecified atom stereocenters. The molecule has 0 aromatic heterocycles. The standard InChI is InChI=1S/C31H44ClN3O5/c1-18(2)17-23(33-29(39)40-31(8,9)10)28(38)35(30(5,6)7)25(21-15-11-14-20(4)26(21)36)27(37)34-24-19(3)13-12-16-22(24)32/h11-16,18,23,25,36H,17H2,1-10H3,(H,33,39)(H,34,37). The molecule has 0 aliphatic rings. The predicted molar refractivity (Wildman–Crippen MR) is 160 cm³/mol. The van der Waals surface area contributed by atoms with Crippen molar-refractivity contribution in [2.45, 2.75) is 98.9 Å². The lowest BCUT2D eigenvalue weighted by Gasteiger charge is -2.43. The lowest BCUT2D eigenvalue weighted by Crippen LogP contribution is -2.58. The van der Waals surface area contributed by atoms with Crippen LogP contribution >= 0.6 is 11.6 Å². The van der Waals surface area contributed by atoms with Crippen molar-refractivity contribution in [1.29, 1.82) is 0 Å². The Morgan fingerprint density at radius 2 is 1.55 bits per heavy atom. The maximum absolute atomic E-state index is 14.4. The molecule has 8 nitrogen and oxygen atoms in total. The van der Waals surface area contributed by atoms with Gasteiger partial charge in [-0.2, -0.15) is 0 Å². The smallest absolute Gasteiger partial charge is 0.408 e. The first kappa shape index (κ1) is 32.9. The van der Waals surface area contributed by atoms with Gasteiger partial charge in [-0.25, -0.2) is 4.79 Å². The topological polar surface area (TPSA) is 108 Å². The molecule has 0 saturated heterocycles. The molecule has 0 radical (unpaired) electrons. The van der Waals surface area contributed by atoms with Crippen molar-refractivity contribution in [3.05, 3.63) is 58.1 Å². The van der Waals surface area contributed by atoms with E-state index in [1.165, 1.54) is 4.90 Å². The summed E-state index contributed by atoms with van der Waals surface area (Å²) in [5.74, 6) is -1.10. The van der Waals surface area contributed by atoms with E-state index >= 15 is 0 Å². The van der Waals surface area contributed by atoms with Gasteiger partial charge in [0.1, 0.15) is 23.4 Å². The Balaban J connectivity index is 2.70. The number of alkyl carbamates (subject to hydrolysis) is 1. The molecule has 2 rings (SSSR count). The highest BCUT2D eigenvalue weighted by molar-refractivity contribution is 6.34. The van der Waals surface area contributed by atoms with Crippen molar-refractivity contribution in [3.63, 3.8) is 0 Å². The molecule has 0 bridgehead atoms. The average molecular weight is 574 g/mol. The summed E-state index contributed by atoms with van der Waals surface area (Å²) in [4.78, 5) is 42.7. The minimum Gasteiger partial charge on any atom is -0.507 e. The van der Waals surface area contributed by atoms with Crippen LogP contribution in [0, 0.1) is 19.8 Å². The van der Waals surface area contributed by atoms with Gasteiger partial charge in [0, 0.05) is 11.1 Å². The average Bonchev–Trinajstić information content (AvgIpc) is 2.78. The Hall–Kier alpha value is -3.26. The van der Waals surface area contributed by atoms with Crippen LogP contribution in [0.1, 0.15) is 84.5 Å². The molecule has 9 heteroatoms. The van der Waals surface area contributed by atoms with E-state index in [0.717, 1.165) is 5.56 Å². The molecule has 2 aromatic carbocycles. The largest absolute Gasteiger partial charge is 0.507 e. The first-order chi connectivity index (χ1) is 18.3. The van der Waals surface area contributed by atoms with E-state index in [1.807, 2.05) is 26.8 Å². The van der Waals surface area contributed by atoms with Gasteiger partial charge in [-0.05, 0) is 84.9 Å². The van der Waals surface area contributed by atoms with Gasteiger partial charge in [0.2, 0.25) is 5.91 Å². The number of carbonyl (C=O) groups is 3. The molecule has 0 spiro atoms. The zero-order chi connectivity index (χ0) is 30.6. The van der Waals surface area contributed by atoms with Crippen LogP contribution in [0.3, 0.4) is 0 Å². The molecule has 2 aromatic rings. The van der Waals surface area contributed by atoms with E-state index in [9.17, 15) is 19.5 Å². The number of hydrogen-bond donors (Lipinski definition) is 3. The quantitative estimate of drug-likeness (QED) is 0.318. The number of benzene rings is 2. The summed E-state index contributed by atoms with van der Waals surface area (Å²) in [7, 11) is 0. The van der Waals surface area contributed by atoms with Crippen LogP contribution in [0.4, 0.5) is 10.5 Å². The van der Waals surface area contributed by atoms with E-state index in [0.29, 0.717) is 22.7 Å². The third-order valence-electron chi connectivity index (χ3n) is 6.20. The molecular weight excluding hydrogens is 530 g/mol. The number of amides is 3. The van der Waals surface area contributed by atoms with Crippen molar-refractivity contribution in [2.24, 2.45) is 5.92 Å². The number of para-hydroxylation sites is 2. The molecule has 0 aliphatic heterocycles. The summed E-state index contributed by atoms with van der Waals surface area (Å²) in [6.45, 7) is 18.1. The molecule has 0 saturated carbocycles. The van der Waals surface area contributed by atoms with Gasteiger partial charge >= 0.3 is 6.09 Å². The number of aromatic hydroxyl groups is 1. The summed E-state index contributed by atoms with van der Waals surface area (Å²) >= 11 is 6.42. The summed E-state index contributed by atoms with van der Waals surface area (Å²) < 4.78 is 5.44. The second kappa shape index (κ2) is 12.9. The number of halogens is 1. The summed E-state index contributed by atoms with van der Waals surface area (Å²) in [6.07, 6.45) is -0.422. The van der Waals surface area contributed by atoms with E-state index in [1.54, 1.807) is 78.8 Å². The number of rotatable bonds is 8. The Bertz CT molecular complexity index is 1210. The Morgan fingerprint density at radius 1 is 0.975 bits per heavy atom. The molecule has 2 atom stereocenters. The fourth-order valence-electron chi connectivity index (χ4n) is 4.44. The minimum atomic E-state index is -1.25. The first-order valence-electron chi connectivity index (χ1n) is 13.5. The number of nitrogens with one attached hydrogen (secondary N) is 2. The predicted octanol–water partition coefficient (Wildman–Crippen LogP) is 6.91. The van der Waals surface area contributed by atoms with Crippen molar-refractivity contribution in [3.8, 4) is 5.75 Å². The van der Waals surface area contributed by atoms with Crippen LogP contribution in [-0.2, 0) is 14.3 Å². The van der Waals surface area contributed by atoms with Crippen molar-refractivity contribution in [1.82, 2.24) is 10.2 Å². The number of anilines is 1.